The van der Waals surface area contributed by atoms with Crippen molar-refractivity contribution in [3.8, 4) is 33.8 Å². The molecule has 9 rings (SSSR count). The van der Waals surface area contributed by atoms with Crippen LogP contribution in [0.1, 0.15) is 25.0 Å². The van der Waals surface area contributed by atoms with Gasteiger partial charge in [0, 0.05) is 22.5 Å². The Balaban J connectivity index is 1.22. The molecule has 0 amide bonds. The number of rotatable bonds is 5. The molecule has 230 valence electrons. The minimum atomic E-state index is -0.217. The predicted octanol–water partition coefficient (Wildman–Crippen LogP) is 12.7. The van der Waals surface area contributed by atoms with Crippen molar-refractivity contribution in [1.29, 1.82) is 0 Å². The standard InChI is InChI=1S/C45H34N2O/c1-45(2)38-29-28-37(30-41(38)47-40-17-9-10-18-42(40)48-43-19-11-16-39(45)44(43)47)46(35-24-20-33(21-25-35)31-12-5-3-6-13-31)36-26-22-34(23-27-36)32-14-7-4-8-15-32/h3-30H,1-2H3. The lowest BCUT2D eigenvalue weighted by Gasteiger charge is -2.45. The number of benzene rings is 7. The molecule has 0 atom stereocenters. The Morgan fingerprint density at radius 2 is 0.958 bits per heavy atom. The van der Waals surface area contributed by atoms with Crippen LogP contribution >= 0.6 is 0 Å². The molecule has 2 aliphatic heterocycles. The first-order chi connectivity index (χ1) is 23.6. The topological polar surface area (TPSA) is 15.7 Å². The Labute approximate surface area is 281 Å². The number of nitrogens with zero attached hydrogens (tertiary/aromatic N) is 2. The maximum absolute atomic E-state index is 6.49. The van der Waals surface area contributed by atoms with Crippen molar-refractivity contribution in [1.82, 2.24) is 0 Å². The van der Waals surface area contributed by atoms with E-state index in [1.54, 1.807) is 0 Å². The van der Waals surface area contributed by atoms with Crippen LogP contribution in [-0.2, 0) is 5.41 Å². The van der Waals surface area contributed by atoms with Crippen LogP contribution in [0.3, 0.4) is 0 Å². The first-order valence-electron chi connectivity index (χ1n) is 16.5. The molecule has 0 unspecified atom stereocenters. The molecule has 48 heavy (non-hydrogen) atoms. The molecule has 0 radical (unpaired) electrons. The fourth-order valence-electron chi connectivity index (χ4n) is 7.39. The first-order valence-corrected chi connectivity index (χ1v) is 16.5. The average molecular weight is 619 g/mol. The van der Waals surface area contributed by atoms with Crippen molar-refractivity contribution in [3.63, 3.8) is 0 Å². The van der Waals surface area contributed by atoms with Gasteiger partial charge in [-0.15, -0.1) is 0 Å². The van der Waals surface area contributed by atoms with Gasteiger partial charge in [-0.1, -0.05) is 129 Å². The summed E-state index contributed by atoms with van der Waals surface area (Å²) in [6.45, 7) is 4.64. The third kappa shape index (κ3) is 4.51. The van der Waals surface area contributed by atoms with Gasteiger partial charge in [-0.2, -0.15) is 0 Å². The van der Waals surface area contributed by atoms with Crippen LogP contribution in [0.4, 0.5) is 34.1 Å². The van der Waals surface area contributed by atoms with Gasteiger partial charge in [-0.3, -0.25) is 0 Å². The normalized spacial score (nSPS) is 13.5. The van der Waals surface area contributed by atoms with Gasteiger partial charge in [0.05, 0.1) is 17.1 Å². The molecule has 0 saturated heterocycles. The largest absolute Gasteiger partial charge is 0.453 e. The molecule has 0 aliphatic carbocycles. The zero-order valence-corrected chi connectivity index (χ0v) is 27.0. The maximum atomic E-state index is 6.49. The van der Waals surface area contributed by atoms with E-state index in [9.17, 15) is 0 Å². The molecular formula is C45H34N2O. The fraction of sp³-hybridized carbons (Fsp3) is 0.0667. The van der Waals surface area contributed by atoms with E-state index in [-0.39, 0.29) is 5.41 Å². The van der Waals surface area contributed by atoms with Gasteiger partial charge >= 0.3 is 0 Å². The molecule has 2 heterocycles. The number of ether oxygens (including phenoxy) is 1. The van der Waals surface area contributed by atoms with Gasteiger partial charge in [-0.25, -0.2) is 0 Å². The molecule has 7 aromatic rings. The van der Waals surface area contributed by atoms with Crippen molar-refractivity contribution in [2.24, 2.45) is 0 Å². The van der Waals surface area contributed by atoms with E-state index in [1.165, 1.54) is 39.1 Å². The smallest absolute Gasteiger partial charge is 0.151 e. The SMILES string of the molecule is CC1(C)c2ccc(N(c3ccc(-c4ccccc4)cc3)c3ccc(-c4ccccc4)cc3)cc2N2c3ccccc3Oc3cccc1c32. The highest BCUT2D eigenvalue weighted by molar-refractivity contribution is 5.95. The monoisotopic (exact) mass is 618 g/mol. The Kier molecular flexibility index (Phi) is 6.48. The van der Waals surface area contributed by atoms with E-state index in [2.05, 4.69) is 187 Å². The third-order valence-corrected chi connectivity index (χ3v) is 9.84. The van der Waals surface area contributed by atoms with Crippen LogP contribution in [0.5, 0.6) is 11.5 Å². The molecule has 0 fully saturated rings. The van der Waals surface area contributed by atoms with Gasteiger partial charge in [0.15, 0.2) is 11.5 Å². The van der Waals surface area contributed by atoms with E-state index in [1.807, 2.05) is 6.07 Å². The highest BCUT2D eigenvalue weighted by Gasteiger charge is 2.41. The zero-order valence-electron chi connectivity index (χ0n) is 27.0. The summed E-state index contributed by atoms with van der Waals surface area (Å²) in [6.07, 6.45) is 0. The van der Waals surface area contributed by atoms with Gasteiger partial charge in [0.2, 0.25) is 0 Å². The quantitative estimate of drug-likeness (QED) is 0.191. The second-order valence-corrected chi connectivity index (χ2v) is 13.0. The number of para-hydroxylation sites is 3. The van der Waals surface area contributed by atoms with Gasteiger partial charge in [0.25, 0.3) is 0 Å². The Hall–Kier alpha value is -6.06. The lowest BCUT2D eigenvalue weighted by molar-refractivity contribution is 0.471. The first kappa shape index (κ1) is 28.2. The van der Waals surface area contributed by atoms with Gasteiger partial charge in [-0.05, 0) is 88.0 Å². The molecule has 3 heteroatoms. The highest BCUT2D eigenvalue weighted by Crippen LogP contribution is 2.60. The predicted molar refractivity (Wildman–Crippen MR) is 199 cm³/mol. The highest BCUT2D eigenvalue weighted by atomic mass is 16.5. The summed E-state index contributed by atoms with van der Waals surface area (Å²) in [4.78, 5) is 4.77. The zero-order chi connectivity index (χ0) is 32.2. The minimum Gasteiger partial charge on any atom is -0.453 e. The number of hydrogen-bond donors (Lipinski definition) is 0. The molecule has 0 saturated carbocycles. The summed E-state index contributed by atoms with van der Waals surface area (Å²) in [6, 6.07) is 60.7. The summed E-state index contributed by atoms with van der Waals surface area (Å²) < 4.78 is 6.49. The molecule has 2 aliphatic rings. The molecule has 0 aromatic heterocycles. The van der Waals surface area contributed by atoms with E-state index in [4.69, 9.17) is 4.74 Å². The van der Waals surface area contributed by atoms with Crippen LogP contribution in [0.2, 0.25) is 0 Å². The Morgan fingerprint density at radius 3 is 1.58 bits per heavy atom. The summed E-state index contributed by atoms with van der Waals surface area (Å²) in [7, 11) is 0. The molecule has 7 aromatic carbocycles. The Bertz CT molecular complexity index is 2190. The molecule has 3 nitrogen and oxygen atoms in total. The summed E-state index contributed by atoms with van der Waals surface area (Å²) >= 11 is 0. The molecular weight excluding hydrogens is 585 g/mol. The van der Waals surface area contributed by atoms with Crippen LogP contribution in [0.25, 0.3) is 22.3 Å². The lowest BCUT2D eigenvalue weighted by atomic mass is 9.73. The van der Waals surface area contributed by atoms with E-state index < -0.39 is 0 Å². The second-order valence-electron chi connectivity index (χ2n) is 13.0. The summed E-state index contributed by atoms with van der Waals surface area (Å²) in [5.41, 5.74) is 13.8. The number of anilines is 6. The summed E-state index contributed by atoms with van der Waals surface area (Å²) in [5.74, 6) is 1.75. The van der Waals surface area contributed by atoms with Gasteiger partial charge < -0.3 is 14.5 Å². The van der Waals surface area contributed by atoms with E-state index in [0.29, 0.717) is 0 Å². The minimum absolute atomic E-state index is 0.217. The average Bonchev–Trinajstić information content (AvgIpc) is 3.14. The molecule has 0 spiro atoms. The van der Waals surface area contributed by atoms with Crippen molar-refractivity contribution in [2.75, 3.05) is 9.80 Å². The van der Waals surface area contributed by atoms with Crippen molar-refractivity contribution < 1.29 is 4.74 Å². The second kappa shape index (κ2) is 11.0. The van der Waals surface area contributed by atoms with Crippen molar-refractivity contribution in [2.45, 2.75) is 19.3 Å². The summed E-state index contributed by atoms with van der Waals surface area (Å²) in [5, 5.41) is 0. The third-order valence-electron chi connectivity index (χ3n) is 9.84. The van der Waals surface area contributed by atoms with E-state index >= 15 is 0 Å². The number of hydrogen-bond acceptors (Lipinski definition) is 3. The fourth-order valence-corrected chi connectivity index (χ4v) is 7.39. The van der Waals surface area contributed by atoms with Crippen LogP contribution < -0.4 is 14.5 Å². The maximum Gasteiger partial charge on any atom is 0.151 e. The van der Waals surface area contributed by atoms with Crippen LogP contribution in [0, 0.1) is 0 Å². The van der Waals surface area contributed by atoms with Crippen LogP contribution in [-0.4, -0.2) is 0 Å². The molecule has 0 bridgehead atoms. The van der Waals surface area contributed by atoms with Crippen molar-refractivity contribution in [3.05, 3.63) is 181 Å². The number of fused-ring (bicyclic) bond motifs is 4. The lowest BCUT2D eigenvalue weighted by Crippen LogP contribution is -2.32. The molecule has 0 N–H and O–H groups in total. The van der Waals surface area contributed by atoms with Crippen molar-refractivity contribution >= 4 is 34.1 Å². The van der Waals surface area contributed by atoms with Crippen LogP contribution in [0.15, 0.2) is 170 Å². The van der Waals surface area contributed by atoms with E-state index in [0.717, 1.165) is 39.9 Å². The van der Waals surface area contributed by atoms with Gasteiger partial charge in [0.1, 0.15) is 0 Å². The Morgan fingerprint density at radius 1 is 0.438 bits per heavy atom.